The van der Waals surface area contributed by atoms with Crippen molar-refractivity contribution in [1.82, 2.24) is 14.4 Å². The first kappa shape index (κ1) is 22.7. The highest BCUT2D eigenvalue weighted by molar-refractivity contribution is 5.85. The minimum atomic E-state index is -0.343. The zero-order valence-corrected chi connectivity index (χ0v) is 18.7. The SMILES string of the molecule is CCOC(=O)N1CCN(C(=O)COc2ccc3c(C(C)C)cc(=O)n(CC)c3c2)CC1. The van der Waals surface area contributed by atoms with Gasteiger partial charge in [0.2, 0.25) is 0 Å². The van der Waals surface area contributed by atoms with Gasteiger partial charge >= 0.3 is 6.09 Å². The van der Waals surface area contributed by atoms with Gasteiger partial charge in [-0.25, -0.2) is 4.79 Å². The minimum absolute atomic E-state index is 0.0357. The Morgan fingerprint density at radius 1 is 1.03 bits per heavy atom. The summed E-state index contributed by atoms with van der Waals surface area (Å²) in [5, 5.41) is 1.02. The molecule has 0 spiro atoms. The smallest absolute Gasteiger partial charge is 0.409 e. The molecule has 2 amide bonds. The third-order valence-corrected chi connectivity index (χ3v) is 5.57. The zero-order chi connectivity index (χ0) is 22.5. The van der Waals surface area contributed by atoms with Crippen LogP contribution in [0.5, 0.6) is 5.75 Å². The molecule has 0 bridgehead atoms. The van der Waals surface area contributed by atoms with Crippen LogP contribution in [0.4, 0.5) is 4.79 Å². The Bertz CT molecular complexity index is 1010. The second kappa shape index (κ2) is 9.85. The Morgan fingerprint density at radius 3 is 2.32 bits per heavy atom. The quantitative estimate of drug-likeness (QED) is 0.705. The van der Waals surface area contributed by atoms with Crippen LogP contribution >= 0.6 is 0 Å². The van der Waals surface area contributed by atoms with Crippen LogP contribution in [0, 0.1) is 0 Å². The monoisotopic (exact) mass is 429 g/mol. The zero-order valence-electron chi connectivity index (χ0n) is 18.7. The third kappa shape index (κ3) is 5.00. The number of aromatic nitrogens is 1. The number of aryl methyl sites for hydroxylation is 1. The molecule has 0 atom stereocenters. The molecule has 31 heavy (non-hydrogen) atoms. The first-order valence-corrected chi connectivity index (χ1v) is 10.9. The fourth-order valence-electron chi connectivity index (χ4n) is 3.87. The van der Waals surface area contributed by atoms with Gasteiger partial charge in [0.25, 0.3) is 11.5 Å². The van der Waals surface area contributed by atoms with Gasteiger partial charge in [-0.1, -0.05) is 13.8 Å². The lowest BCUT2D eigenvalue weighted by Crippen LogP contribution is -2.51. The van der Waals surface area contributed by atoms with Crippen molar-refractivity contribution in [2.45, 2.75) is 40.2 Å². The average molecular weight is 430 g/mol. The lowest BCUT2D eigenvalue weighted by molar-refractivity contribution is -0.134. The molecule has 1 saturated heterocycles. The van der Waals surface area contributed by atoms with E-state index in [2.05, 4.69) is 13.8 Å². The van der Waals surface area contributed by atoms with Crippen molar-refractivity contribution in [3.8, 4) is 5.75 Å². The maximum Gasteiger partial charge on any atom is 0.409 e. The van der Waals surface area contributed by atoms with Crippen molar-refractivity contribution >= 4 is 22.9 Å². The van der Waals surface area contributed by atoms with Gasteiger partial charge in [0.1, 0.15) is 5.75 Å². The number of carbonyl (C=O) groups is 2. The normalized spacial score (nSPS) is 14.2. The molecular weight excluding hydrogens is 398 g/mol. The van der Waals surface area contributed by atoms with Crippen LogP contribution < -0.4 is 10.3 Å². The number of carbonyl (C=O) groups excluding carboxylic acids is 2. The van der Waals surface area contributed by atoms with E-state index in [4.69, 9.17) is 9.47 Å². The van der Waals surface area contributed by atoms with E-state index in [1.807, 2.05) is 25.1 Å². The first-order chi connectivity index (χ1) is 14.8. The maximum absolute atomic E-state index is 12.6. The number of ether oxygens (including phenoxy) is 2. The van der Waals surface area contributed by atoms with E-state index in [0.29, 0.717) is 45.1 Å². The van der Waals surface area contributed by atoms with Crippen molar-refractivity contribution in [1.29, 1.82) is 0 Å². The van der Waals surface area contributed by atoms with Crippen molar-refractivity contribution in [2.75, 3.05) is 39.4 Å². The Hall–Kier alpha value is -3.03. The summed E-state index contributed by atoms with van der Waals surface area (Å²) >= 11 is 0. The highest BCUT2D eigenvalue weighted by Gasteiger charge is 2.25. The number of amides is 2. The van der Waals surface area contributed by atoms with Crippen molar-refractivity contribution in [3.63, 3.8) is 0 Å². The second-order valence-corrected chi connectivity index (χ2v) is 7.87. The van der Waals surface area contributed by atoms with Gasteiger partial charge < -0.3 is 23.8 Å². The Kier molecular flexibility index (Phi) is 7.20. The standard InChI is InChI=1S/C23H31N3O5/c1-5-26-20-13-17(7-8-18(20)19(16(3)4)14-21(26)27)31-15-22(28)24-9-11-25(12-10-24)23(29)30-6-2/h7-8,13-14,16H,5-6,9-12,15H2,1-4H3. The molecule has 0 unspecified atom stereocenters. The Morgan fingerprint density at radius 2 is 1.71 bits per heavy atom. The lowest BCUT2D eigenvalue weighted by atomic mass is 9.98. The van der Waals surface area contributed by atoms with Gasteiger partial charge in [0.15, 0.2) is 6.61 Å². The summed E-state index contributed by atoms with van der Waals surface area (Å²) < 4.78 is 12.5. The number of rotatable bonds is 6. The minimum Gasteiger partial charge on any atom is -0.484 e. The molecule has 0 radical (unpaired) electrons. The average Bonchev–Trinajstić information content (AvgIpc) is 2.77. The summed E-state index contributed by atoms with van der Waals surface area (Å²) in [4.78, 5) is 40.2. The van der Waals surface area contributed by atoms with E-state index in [1.54, 1.807) is 27.4 Å². The predicted molar refractivity (Wildman–Crippen MR) is 119 cm³/mol. The molecular formula is C23H31N3O5. The molecule has 1 aliphatic rings. The summed E-state index contributed by atoms with van der Waals surface area (Å²) in [5.74, 6) is 0.643. The predicted octanol–water partition coefficient (Wildman–Crippen LogP) is 2.82. The molecule has 3 rings (SSSR count). The van der Waals surface area contributed by atoms with Crippen LogP contribution in [-0.2, 0) is 16.1 Å². The maximum atomic E-state index is 12.6. The van der Waals surface area contributed by atoms with Crippen LogP contribution in [0.25, 0.3) is 10.9 Å². The van der Waals surface area contributed by atoms with Gasteiger partial charge in [-0.05, 0) is 37.5 Å². The number of piperazine rings is 1. The highest BCUT2D eigenvalue weighted by Crippen LogP contribution is 2.27. The number of hydrogen-bond donors (Lipinski definition) is 0. The van der Waals surface area contributed by atoms with E-state index >= 15 is 0 Å². The Balaban J connectivity index is 1.68. The molecule has 1 aromatic heterocycles. The van der Waals surface area contributed by atoms with Crippen LogP contribution in [0.3, 0.4) is 0 Å². The van der Waals surface area contributed by atoms with Gasteiger partial charge in [-0.2, -0.15) is 0 Å². The highest BCUT2D eigenvalue weighted by atomic mass is 16.6. The molecule has 168 valence electrons. The van der Waals surface area contributed by atoms with Crippen LogP contribution in [-0.4, -0.2) is 65.8 Å². The topological polar surface area (TPSA) is 81.1 Å². The summed E-state index contributed by atoms with van der Waals surface area (Å²) in [7, 11) is 0. The summed E-state index contributed by atoms with van der Waals surface area (Å²) in [6.07, 6.45) is -0.343. The van der Waals surface area contributed by atoms with E-state index < -0.39 is 0 Å². The van der Waals surface area contributed by atoms with E-state index in [9.17, 15) is 14.4 Å². The lowest BCUT2D eigenvalue weighted by Gasteiger charge is -2.33. The number of hydrogen-bond acceptors (Lipinski definition) is 5. The van der Waals surface area contributed by atoms with E-state index in [-0.39, 0.29) is 30.1 Å². The summed E-state index contributed by atoms with van der Waals surface area (Å²) in [5.41, 5.74) is 1.78. The van der Waals surface area contributed by atoms with Crippen molar-refractivity contribution in [3.05, 3.63) is 40.2 Å². The van der Waals surface area contributed by atoms with Gasteiger partial charge in [0.05, 0.1) is 12.1 Å². The summed E-state index contributed by atoms with van der Waals surface area (Å²) in [6, 6.07) is 7.33. The molecule has 1 fully saturated rings. The van der Waals surface area contributed by atoms with Crippen LogP contribution in [0.2, 0.25) is 0 Å². The van der Waals surface area contributed by atoms with Crippen molar-refractivity contribution in [2.24, 2.45) is 0 Å². The van der Waals surface area contributed by atoms with E-state index in [0.717, 1.165) is 16.5 Å². The number of benzene rings is 1. The molecule has 2 heterocycles. The first-order valence-electron chi connectivity index (χ1n) is 10.9. The molecule has 2 aromatic rings. The van der Waals surface area contributed by atoms with Gasteiger partial charge in [0, 0.05) is 50.2 Å². The Labute approximate surface area is 182 Å². The molecule has 0 saturated carbocycles. The van der Waals surface area contributed by atoms with Gasteiger partial charge in [-0.15, -0.1) is 0 Å². The fraction of sp³-hybridized carbons (Fsp3) is 0.522. The number of fused-ring (bicyclic) bond motifs is 1. The van der Waals surface area contributed by atoms with Crippen LogP contribution in [0.15, 0.2) is 29.1 Å². The molecule has 8 nitrogen and oxygen atoms in total. The second-order valence-electron chi connectivity index (χ2n) is 7.87. The fourth-order valence-corrected chi connectivity index (χ4v) is 3.87. The van der Waals surface area contributed by atoms with Crippen molar-refractivity contribution < 1.29 is 19.1 Å². The third-order valence-electron chi connectivity index (χ3n) is 5.57. The largest absolute Gasteiger partial charge is 0.484 e. The molecule has 1 aromatic carbocycles. The van der Waals surface area contributed by atoms with Gasteiger partial charge in [-0.3, -0.25) is 9.59 Å². The molecule has 0 aliphatic carbocycles. The molecule has 1 aliphatic heterocycles. The molecule has 8 heteroatoms. The van der Waals surface area contributed by atoms with Crippen LogP contribution in [0.1, 0.15) is 39.2 Å². The molecule has 0 N–H and O–H groups in total. The number of nitrogens with zero attached hydrogens (tertiary/aromatic N) is 3. The van der Waals surface area contributed by atoms with E-state index in [1.165, 1.54) is 0 Å². The summed E-state index contributed by atoms with van der Waals surface area (Å²) in [6.45, 7) is 10.4. The number of pyridine rings is 1.